The molecular formula is C15H21NO3. The van der Waals surface area contributed by atoms with E-state index in [0.29, 0.717) is 26.2 Å². The highest BCUT2D eigenvalue weighted by Gasteiger charge is 2.41. The minimum absolute atomic E-state index is 0.321. The molecule has 0 amide bonds. The number of hydrogen-bond acceptors (Lipinski definition) is 3. The summed E-state index contributed by atoms with van der Waals surface area (Å²) in [6, 6.07) is 10.1. The van der Waals surface area contributed by atoms with Gasteiger partial charge in [0.25, 0.3) is 0 Å². The number of rotatable bonds is 5. The second-order valence-corrected chi connectivity index (χ2v) is 5.40. The van der Waals surface area contributed by atoms with Crippen LogP contribution in [0, 0.1) is 5.41 Å². The SMILES string of the molecule is CN(Cc1ccccc1)CC1(C(=O)O)CCCOC1. The van der Waals surface area contributed by atoms with E-state index in [1.165, 1.54) is 5.56 Å². The smallest absolute Gasteiger partial charge is 0.313 e. The van der Waals surface area contributed by atoms with Crippen LogP contribution in [0.4, 0.5) is 0 Å². The third-order valence-electron chi connectivity index (χ3n) is 3.64. The summed E-state index contributed by atoms with van der Waals surface area (Å²) in [6.45, 7) is 2.28. The molecule has 1 saturated heterocycles. The molecule has 1 N–H and O–H groups in total. The Morgan fingerprint density at radius 1 is 1.42 bits per heavy atom. The largest absolute Gasteiger partial charge is 0.481 e. The van der Waals surface area contributed by atoms with Crippen molar-refractivity contribution in [2.45, 2.75) is 19.4 Å². The lowest BCUT2D eigenvalue weighted by Gasteiger charge is -2.36. The highest BCUT2D eigenvalue weighted by Crippen LogP contribution is 2.30. The Balaban J connectivity index is 1.99. The number of benzene rings is 1. The number of carboxylic acids is 1. The fourth-order valence-electron chi connectivity index (χ4n) is 2.68. The number of carbonyl (C=O) groups is 1. The summed E-state index contributed by atoms with van der Waals surface area (Å²) in [5, 5.41) is 9.50. The van der Waals surface area contributed by atoms with Crippen LogP contribution in [0.5, 0.6) is 0 Å². The van der Waals surface area contributed by atoms with Crippen LogP contribution < -0.4 is 0 Å². The van der Waals surface area contributed by atoms with Crippen LogP contribution in [0.25, 0.3) is 0 Å². The van der Waals surface area contributed by atoms with Gasteiger partial charge in [0.1, 0.15) is 5.41 Å². The summed E-state index contributed by atoms with van der Waals surface area (Å²) >= 11 is 0. The molecule has 0 aliphatic carbocycles. The minimum Gasteiger partial charge on any atom is -0.481 e. The quantitative estimate of drug-likeness (QED) is 0.882. The average molecular weight is 263 g/mol. The van der Waals surface area contributed by atoms with E-state index >= 15 is 0 Å². The van der Waals surface area contributed by atoms with Crippen LogP contribution in [0.15, 0.2) is 30.3 Å². The summed E-state index contributed by atoms with van der Waals surface area (Å²) in [7, 11) is 1.96. The lowest BCUT2D eigenvalue weighted by molar-refractivity contribution is -0.159. The third-order valence-corrected chi connectivity index (χ3v) is 3.64. The molecule has 1 atom stereocenters. The number of ether oxygens (including phenoxy) is 1. The molecule has 4 nitrogen and oxygen atoms in total. The molecule has 1 aliphatic rings. The van der Waals surface area contributed by atoms with Gasteiger partial charge in [-0.15, -0.1) is 0 Å². The number of nitrogens with zero attached hydrogens (tertiary/aromatic N) is 1. The summed E-state index contributed by atoms with van der Waals surface area (Å²) in [4.78, 5) is 13.6. The Kier molecular flexibility index (Phi) is 4.56. The van der Waals surface area contributed by atoms with Crippen molar-refractivity contribution >= 4 is 5.97 Å². The lowest BCUT2D eigenvalue weighted by atomic mass is 9.82. The standard InChI is InChI=1S/C15H21NO3/c1-16(10-13-6-3-2-4-7-13)11-15(14(17)18)8-5-9-19-12-15/h2-4,6-7H,5,8-12H2,1H3,(H,17,18). The molecule has 0 radical (unpaired) electrons. The number of carboxylic acid groups (broad SMARTS) is 1. The van der Waals surface area contributed by atoms with Crippen LogP contribution in [0.1, 0.15) is 18.4 Å². The van der Waals surface area contributed by atoms with Gasteiger partial charge in [-0.1, -0.05) is 30.3 Å². The molecule has 4 heteroatoms. The highest BCUT2D eigenvalue weighted by molar-refractivity contribution is 5.75. The molecule has 104 valence electrons. The van der Waals surface area contributed by atoms with Crippen molar-refractivity contribution in [3.05, 3.63) is 35.9 Å². The van der Waals surface area contributed by atoms with Gasteiger partial charge >= 0.3 is 5.97 Å². The Labute approximate surface area is 114 Å². The number of hydrogen-bond donors (Lipinski definition) is 1. The Bertz CT molecular complexity index is 413. The molecule has 1 aromatic carbocycles. The van der Waals surface area contributed by atoms with Crippen molar-refractivity contribution in [2.24, 2.45) is 5.41 Å². The molecule has 1 aliphatic heterocycles. The van der Waals surface area contributed by atoms with Crippen molar-refractivity contribution in [3.8, 4) is 0 Å². The highest BCUT2D eigenvalue weighted by atomic mass is 16.5. The maximum Gasteiger partial charge on any atom is 0.313 e. The van der Waals surface area contributed by atoms with Crippen molar-refractivity contribution in [3.63, 3.8) is 0 Å². The third kappa shape index (κ3) is 3.55. The van der Waals surface area contributed by atoms with Crippen molar-refractivity contribution < 1.29 is 14.6 Å². The van der Waals surface area contributed by atoms with Gasteiger partial charge in [0.05, 0.1) is 6.61 Å². The average Bonchev–Trinajstić information content (AvgIpc) is 2.40. The lowest BCUT2D eigenvalue weighted by Crippen LogP contribution is -2.47. The first-order valence-electron chi connectivity index (χ1n) is 6.66. The fourth-order valence-corrected chi connectivity index (χ4v) is 2.68. The second kappa shape index (κ2) is 6.17. The first-order chi connectivity index (χ1) is 9.12. The second-order valence-electron chi connectivity index (χ2n) is 5.40. The molecule has 0 aromatic heterocycles. The zero-order chi connectivity index (χ0) is 13.7. The summed E-state index contributed by atoms with van der Waals surface area (Å²) in [6.07, 6.45) is 1.52. The molecule has 1 unspecified atom stereocenters. The van der Waals surface area contributed by atoms with Gasteiger partial charge in [-0.3, -0.25) is 4.79 Å². The zero-order valence-corrected chi connectivity index (χ0v) is 11.3. The molecule has 1 heterocycles. The molecule has 1 fully saturated rings. The first kappa shape index (κ1) is 14.0. The van der Waals surface area contributed by atoms with Crippen LogP contribution in [0.2, 0.25) is 0 Å². The molecule has 1 aromatic rings. The summed E-state index contributed by atoms with van der Waals surface area (Å²) in [5.74, 6) is -0.743. The van der Waals surface area contributed by atoms with Gasteiger partial charge in [-0.05, 0) is 25.5 Å². The van der Waals surface area contributed by atoms with E-state index in [2.05, 4.69) is 17.0 Å². The van der Waals surface area contributed by atoms with Gasteiger partial charge in [-0.25, -0.2) is 0 Å². The predicted molar refractivity (Wildman–Crippen MR) is 72.9 cm³/mol. The molecule has 0 bridgehead atoms. The molecule has 0 spiro atoms. The maximum atomic E-state index is 11.6. The van der Waals surface area contributed by atoms with Crippen molar-refractivity contribution in [1.29, 1.82) is 0 Å². The molecule has 0 saturated carbocycles. The van der Waals surface area contributed by atoms with E-state index in [4.69, 9.17) is 4.74 Å². The minimum atomic E-state index is -0.748. The topological polar surface area (TPSA) is 49.8 Å². The first-order valence-corrected chi connectivity index (χ1v) is 6.66. The summed E-state index contributed by atoms with van der Waals surface area (Å²) < 4.78 is 5.39. The van der Waals surface area contributed by atoms with E-state index < -0.39 is 11.4 Å². The normalized spacial score (nSPS) is 23.5. The molecule has 2 rings (SSSR count). The predicted octanol–water partition coefficient (Wildman–Crippen LogP) is 2.00. The van der Waals surface area contributed by atoms with Crippen molar-refractivity contribution in [1.82, 2.24) is 4.90 Å². The van der Waals surface area contributed by atoms with E-state index in [1.807, 2.05) is 25.2 Å². The summed E-state index contributed by atoms with van der Waals surface area (Å²) in [5.41, 5.74) is 0.448. The van der Waals surface area contributed by atoms with Gasteiger partial charge in [0.15, 0.2) is 0 Å². The molecule has 19 heavy (non-hydrogen) atoms. The van der Waals surface area contributed by atoms with E-state index in [9.17, 15) is 9.90 Å². The monoisotopic (exact) mass is 263 g/mol. The van der Waals surface area contributed by atoms with Crippen LogP contribution in [-0.4, -0.2) is 42.8 Å². The zero-order valence-electron chi connectivity index (χ0n) is 11.3. The Hall–Kier alpha value is -1.39. The van der Waals surface area contributed by atoms with E-state index in [-0.39, 0.29) is 0 Å². The van der Waals surface area contributed by atoms with Crippen molar-refractivity contribution in [2.75, 3.05) is 26.8 Å². The van der Waals surface area contributed by atoms with Gasteiger partial charge in [0.2, 0.25) is 0 Å². The van der Waals surface area contributed by atoms with E-state index in [0.717, 1.165) is 13.0 Å². The molecular weight excluding hydrogens is 242 g/mol. The number of aliphatic carboxylic acids is 1. The van der Waals surface area contributed by atoms with Crippen LogP contribution in [-0.2, 0) is 16.1 Å². The van der Waals surface area contributed by atoms with Gasteiger partial charge in [0, 0.05) is 19.7 Å². The Morgan fingerprint density at radius 3 is 2.74 bits per heavy atom. The van der Waals surface area contributed by atoms with Crippen LogP contribution >= 0.6 is 0 Å². The van der Waals surface area contributed by atoms with E-state index in [1.54, 1.807) is 0 Å². The fraction of sp³-hybridized carbons (Fsp3) is 0.533. The van der Waals surface area contributed by atoms with Crippen LogP contribution in [0.3, 0.4) is 0 Å². The Morgan fingerprint density at radius 2 is 2.16 bits per heavy atom. The van der Waals surface area contributed by atoms with Gasteiger partial charge in [-0.2, -0.15) is 0 Å². The maximum absolute atomic E-state index is 11.6. The van der Waals surface area contributed by atoms with Gasteiger partial charge < -0.3 is 14.7 Å².